The number of hydrazine groups is 1. The fourth-order valence-corrected chi connectivity index (χ4v) is 5.52. The summed E-state index contributed by atoms with van der Waals surface area (Å²) in [6.45, 7) is 0. The average Bonchev–Trinajstić information content (AvgIpc) is 3.06. The lowest BCUT2D eigenvalue weighted by molar-refractivity contribution is -0.419. The molecule has 22 nitrogen and oxygen atoms in total. The Bertz CT molecular complexity index is 2780. The molecule has 1 aliphatic rings. The third kappa shape index (κ3) is 7.73. The zero-order valence-corrected chi connectivity index (χ0v) is 26.9. The first-order valence-electron chi connectivity index (χ1n) is 13.7. The highest BCUT2D eigenvalue weighted by atomic mass is 32.2. The number of anilines is 3. The molecule has 0 aromatic heterocycles. The lowest BCUT2D eigenvalue weighted by Crippen LogP contribution is -2.49. The number of phenols is 1. The summed E-state index contributed by atoms with van der Waals surface area (Å²) in [5, 5.41) is 41.5. The molecule has 0 saturated heterocycles. The van der Waals surface area contributed by atoms with Gasteiger partial charge in [-0.3, -0.25) is 60.0 Å². The van der Waals surface area contributed by atoms with Gasteiger partial charge in [-0.1, -0.05) is 0 Å². The van der Waals surface area contributed by atoms with Crippen molar-refractivity contribution in [2.45, 2.75) is 9.79 Å². The van der Waals surface area contributed by atoms with E-state index in [0.717, 1.165) is 48.6 Å². The van der Waals surface area contributed by atoms with Gasteiger partial charge in [-0.2, -0.15) is 21.9 Å². The van der Waals surface area contributed by atoms with Gasteiger partial charge in [0, 0.05) is 29.7 Å². The van der Waals surface area contributed by atoms with Gasteiger partial charge >= 0.3 is 0 Å². The molecular weight excluding hydrogens is 736 g/mol. The molecule has 0 amide bonds. The topological polar surface area (TPSA) is 340 Å². The predicted molar refractivity (Wildman–Crippen MR) is 178 cm³/mol. The number of nitrogens with one attached hydrogen (secondary N) is 3. The van der Waals surface area contributed by atoms with Crippen LogP contribution in [0.5, 0.6) is 5.75 Å². The van der Waals surface area contributed by atoms with E-state index in [2.05, 4.69) is 31.6 Å². The van der Waals surface area contributed by atoms with E-state index in [9.17, 15) is 65.7 Å². The van der Waals surface area contributed by atoms with E-state index < -0.39 is 95.8 Å². The molecule has 0 unspecified atom stereocenters. The second-order valence-corrected chi connectivity index (χ2v) is 13.1. The van der Waals surface area contributed by atoms with Crippen molar-refractivity contribution >= 4 is 65.3 Å². The standard InChI is InChI=1S/C28H18N8O14S2/c37-23-9-16(36(43)44)5-6-19(23)30-34-26-27(39)21(32-29-14-1-3-15(4-2-14)35(41)42)12-22(28(26)40)33-31-20-10-17(51(45,46)47)7-13-8-18(52(48,49)50)11-24(38)25(13)20/h1-12,29,31,33,38H,(H,45,46,47)(H,48,49,50)/b30-19-,32-21-,34-26+. The van der Waals surface area contributed by atoms with Crippen molar-refractivity contribution in [1.82, 2.24) is 0 Å². The van der Waals surface area contributed by atoms with Crippen LogP contribution in [-0.2, 0) is 25.0 Å². The first kappa shape index (κ1) is 36.3. The number of ketones is 1. The zero-order chi connectivity index (χ0) is 38.1. The maximum atomic E-state index is 13.5. The summed E-state index contributed by atoms with van der Waals surface area (Å²) < 4.78 is 66.6. The molecule has 266 valence electrons. The van der Waals surface area contributed by atoms with Crippen LogP contribution in [-0.4, -0.2) is 52.4 Å². The van der Waals surface area contributed by atoms with Crippen LogP contribution in [0, 0.1) is 20.2 Å². The lowest BCUT2D eigenvalue weighted by atomic mass is 10.1. The molecule has 0 fully saturated rings. The third-order valence-electron chi connectivity index (χ3n) is 6.89. The minimum Gasteiger partial charge on any atom is -0.507 e. The summed E-state index contributed by atoms with van der Waals surface area (Å²) in [5.41, 5.74) is 2.70. The second kappa shape index (κ2) is 13.7. The first-order chi connectivity index (χ1) is 24.3. The molecule has 6 N–H and O–H groups in total. The van der Waals surface area contributed by atoms with Gasteiger partial charge in [0.05, 0.1) is 37.1 Å². The van der Waals surface area contributed by atoms with E-state index in [0.29, 0.717) is 12.1 Å². The molecule has 0 saturated carbocycles. The molecular formula is C28H18N8O14S2. The van der Waals surface area contributed by atoms with Gasteiger partial charge in [0.25, 0.3) is 31.6 Å². The van der Waals surface area contributed by atoms with Crippen LogP contribution in [0.1, 0.15) is 0 Å². The van der Waals surface area contributed by atoms with Gasteiger partial charge in [-0.15, -0.1) is 10.2 Å². The number of phenolic OH excluding ortho intramolecular Hbond substituents is 1. The van der Waals surface area contributed by atoms with Crippen LogP contribution in [0.4, 0.5) is 22.7 Å². The first-order valence-corrected chi connectivity index (χ1v) is 16.6. The molecule has 0 aliphatic heterocycles. The number of nitrogens with zero attached hydrogens (tertiary/aromatic N) is 5. The number of carbonyl (C=O) groups is 1. The van der Waals surface area contributed by atoms with Gasteiger partial charge in [-0.05, 0) is 47.9 Å². The van der Waals surface area contributed by atoms with E-state index in [1.807, 2.05) is 0 Å². The quantitative estimate of drug-likeness (QED) is 0.0554. The van der Waals surface area contributed by atoms with Gasteiger partial charge in [-0.25, -0.2) is 0 Å². The van der Waals surface area contributed by atoms with Crippen LogP contribution in [0.2, 0.25) is 0 Å². The monoisotopic (exact) mass is 754 g/mol. The van der Waals surface area contributed by atoms with E-state index in [4.69, 9.17) is 0 Å². The number of benzene rings is 4. The Labute approximate surface area is 287 Å². The average molecular weight is 755 g/mol. The summed E-state index contributed by atoms with van der Waals surface area (Å²) in [7, 11) is -9.90. The Balaban J connectivity index is 1.65. The van der Waals surface area contributed by atoms with E-state index >= 15 is 0 Å². The van der Waals surface area contributed by atoms with Crippen LogP contribution in [0.3, 0.4) is 0 Å². The summed E-state index contributed by atoms with van der Waals surface area (Å²) in [6.07, 6.45) is 2.46. The maximum absolute atomic E-state index is 13.5. The van der Waals surface area contributed by atoms with Gasteiger partial charge in [0.15, 0.2) is 5.36 Å². The van der Waals surface area contributed by atoms with Crippen molar-refractivity contribution in [2.75, 3.05) is 16.3 Å². The van der Waals surface area contributed by atoms with Crippen LogP contribution in [0.15, 0.2) is 113 Å². The second-order valence-electron chi connectivity index (χ2n) is 10.3. The lowest BCUT2D eigenvalue weighted by Gasteiger charge is -2.15. The number of carbonyl (C=O) groups excluding carboxylic acids is 1. The number of nitro benzene ring substituents is 1. The number of hydrogen-bond donors (Lipinski definition) is 6. The van der Waals surface area contributed by atoms with Crippen LogP contribution < -0.4 is 37.8 Å². The number of hydrogen-bond acceptors (Lipinski definition) is 18. The molecule has 0 heterocycles. The Morgan fingerprint density at radius 3 is 1.92 bits per heavy atom. The van der Waals surface area contributed by atoms with Crippen molar-refractivity contribution < 1.29 is 45.7 Å². The summed E-state index contributed by atoms with van der Waals surface area (Å²) in [5.74, 6) is -1.80. The van der Waals surface area contributed by atoms with Crippen molar-refractivity contribution in [1.29, 1.82) is 0 Å². The Morgan fingerprint density at radius 2 is 1.35 bits per heavy atom. The van der Waals surface area contributed by atoms with Crippen molar-refractivity contribution in [3.63, 3.8) is 0 Å². The predicted octanol–water partition coefficient (Wildman–Crippen LogP) is 0.466. The van der Waals surface area contributed by atoms with E-state index in [1.54, 1.807) is 0 Å². The van der Waals surface area contributed by atoms with Crippen molar-refractivity contribution in [2.24, 2.45) is 15.3 Å². The molecule has 4 aromatic rings. The van der Waals surface area contributed by atoms with E-state index in [-0.39, 0.29) is 22.1 Å². The zero-order valence-electron chi connectivity index (χ0n) is 25.3. The molecule has 52 heavy (non-hydrogen) atoms. The summed E-state index contributed by atoms with van der Waals surface area (Å²) in [4.78, 5) is 57.9. The molecule has 4 aromatic carbocycles. The number of rotatable bonds is 10. The molecule has 5 rings (SSSR count). The molecule has 1 aliphatic carbocycles. The molecule has 0 radical (unpaired) electrons. The van der Waals surface area contributed by atoms with Gasteiger partial charge in [0.2, 0.25) is 16.6 Å². The number of nitro groups is 2. The smallest absolute Gasteiger partial charge is 0.294 e. The number of aromatic hydroxyl groups is 1. The van der Waals surface area contributed by atoms with Gasteiger partial charge in [0.1, 0.15) is 22.5 Å². The highest BCUT2D eigenvalue weighted by Gasteiger charge is 2.21. The van der Waals surface area contributed by atoms with E-state index in [1.165, 1.54) is 12.1 Å². The SMILES string of the molecule is O=C1C=C([N+](=O)[O-])C=C/C1=N/N=c1/c(=O)c(NNc2cc(S(=O)(=O)O)cc3cc(S(=O)(=O)O)cc(O)c23)c/c(=N/Nc2ccc([N+](=O)[O-])cc2)c1=O. The molecule has 0 atom stereocenters. The minimum absolute atomic E-state index is 0.141. The van der Waals surface area contributed by atoms with Crippen molar-refractivity contribution in [3.05, 3.63) is 130 Å². The maximum Gasteiger partial charge on any atom is 0.294 e. The number of non-ortho nitro benzene ring substituents is 1. The Kier molecular flexibility index (Phi) is 9.56. The van der Waals surface area contributed by atoms with Gasteiger partial charge < -0.3 is 5.11 Å². The molecule has 0 spiro atoms. The minimum atomic E-state index is -4.99. The number of allylic oxidation sites excluding steroid dienone is 3. The Hall–Kier alpha value is -7.02. The fourth-order valence-electron chi connectivity index (χ4n) is 4.44. The number of fused-ring (bicyclic) bond motifs is 1. The van der Waals surface area contributed by atoms with Crippen LogP contribution >= 0.6 is 0 Å². The highest BCUT2D eigenvalue weighted by Crippen LogP contribution is 2.36. The molecule has 0 bridgehead atoms. The fraction of sp³-hybridized carbons (Fsp3) is 0. The largest absolute Gasteiger partial charge is 0.507 e. The van der Waals surface area contributed by atoms with Crippen molar-refractivity contribution in [3.8, 4) is 5.75 Å². The highest BCUT2D eigenvalue weighted by molar-refractivity contribution is 7.86. The molecule has 24 heteroatoms. The van der Waals surface area contributed by atoms with Crippen LogP contribution in [0.25, 0.3) is 10.8 Å². The summed E-state index contributed by atoms with van der Waals surface area (Å²) in [6, 6.07) is 8.55. The normalized spacial score (nSPS) is 14.8. The summed E-state index contributed by atoms with van der Waals surface area (Å²) >= 11 is 0. The Morgan fingerprint density at radius 1 is 0.731 bits per heavy atom. The third-order valence-corrected chi connectivity index (χ3v) is 8.55.